The fourth-order valence-corrected chi connectivity index (χ4v) is 2.18. The van der Waals surface area contributed by atoms with Gasteiger partial charge in [-0.3, -0.25) is 4.79 Å². The number of rotatable bonds is 4. The van der Waals surface area contributed by atoms with Crippen molar-refractivity contribution in [1.82, 2.24) is 0 Å². The Labute approximate surface area is 118 Å². The molecule has 2 nitrogen and oxygen atoms in total. The molecular weight excluding hydrogens is 255 g/mol. The van der Waals surface area contributed by atoms with Crippen molar-refractivity contribution < 1.29 is 13.9 Å². The lowest BCUT2D eigenvalue weighted by molar-refractivity contribution is 0.0988. The van der Waals surface area contributed by atoms with E-state index in [2.05, 4.69) is 0 Å². The molecule has 2 aromatic rings. The predicted molar refractivity (Wildman–Crippen MR) is 76.9 cm³/mol. The summed E-state index contributed by atoms with van der Waals surface area (Å²) in [7, 11) is 1.56. The topological polar surface area (TPSA) is 26.3 Å². The summed E-state index contributed by atoms with van der Waals surface area (Å²) in [5.74, 6) is -0.0313. The molecule has 0 fully saturated rings. The molecule has 0 aliphatic carbocycles. The zero-order chi connectivity index (χ0) is 14.7. The van der Waals surface area contributed by atoms with Gasteiger partial charge in [0.2, 0.25) is 0 Å². The van der Waals surface area contributed by atoms with E-state index in [1.165, 1.54) is 6.07 Å². The van der Waals surface area contributed by atoms with Crippen LogP contribution in [0.3, 0.4) is 0 Å². The number of benzene rings is 2. The SMILES string of the molecule is COc1ccc(C)cc1CC(=O)c1cccc(C)c1F. The molecule has 104 valence electrons. The Morgan fingerprint density at radius 2 is 1.95 bits per heavy atom. The predicted octanol–water partition coefficient (Wildman–Crippen LogP) is 3.88. The van der Waals surface area contributed by atoms with E-state index in [0.717, 1.165) is 11.1 Å². The minimum Gasteiger partial charge on any atom is -0.496 e. The number of aryl methyl sites for hydroxylation is 2. The molecule has 0 aliphatic rings. The second-order valence-electron chi connectivity index (χ2n) is 4.85. The Bertz CT molecular complexity index is 647. The van der Waals surface area contributed by atoms with Crippen LogP contribution < -0.4 is 4.74 Å². The van der Waals surface area contributed by atoms with Crippen LogP contribution >= 0.6 is 0 Å². The third-order valence-electron chi connectivity index (χ3n) is 3.28. The molecular formula is C17H17FO2. The maximum Gasteiger partial charge on any atom is 0.170 e. The van der Waals surface area contributed by atoms with Crippen molar-refractivity contribution in [1.29, 1.82) is 0 Å². The number of hydrogen-bond donors (Lipinski definition) is 0. The van der Waals surface area contributed by atoms with Crippen molar-refractivity contribution in [2.75, 3.05) is 7.11 Å². The summed E-state index contributed by atoms with van der Waals surface area (Å²) in [5.41, 5.74) is 2.43. The molecule has 0 radical (unpaired) electrons. The van der Waals surface area contributed by atoms with Gasteiger partial charge in [0, 0.05) is 12.0 Å². The number of hydrogen-bond acceptors (Lipinski definition) is 2. The monoisotopic (exact) mass is 272 g/mol. The molecule has 0 bridgehead atoms. The molecule has 0 saturated heterocycles. The van der Waals surface area contributed by atoms with E-state index in [-0.39, 0.29) is 17.8 Å². The Morgan fingerprint density at radius 3 is 2.65 bits per heavy atom. The molecule has 0 amide bonds. The number of ketones is 1. The number of halogens is 1. The van der Waals surface area contributed by atoms with Crippen molar-refractivity contribution in [3.8, 4) is 5.75 Å². The van der Waals surface area contributed by atoms with Crippen LogP contribution in [-0.4, -0.2) is 12.9 Å². The molecule has 0 atom stereocenters. The first-order chi connectivity index (χ1) is 9.52. The van der Waals surface area contributed by atoms with E-state index in [0.29, 0.717) is 11.3 Å². The van der Waals surface area contributed by atoms with E-state index in [4.69, 9.17) is 4.74 Å². The van der Waals surface area contributed by atoms with Crippen LogP contribution in [-0.2, 0) is 6.42 Å². The number of methoxy groups -OCH3 is 1. The summed E-state index contributed by atoms with van der Waals surface area (Å²) in [6.45, 7) is 3.60. The first kappa shape index (κ1) is 14.3. The Morgan fingerprint density at radius 1 is 1.20 bits per heavy atom. The summed E-state index contributed by atoms with van der Waals surface area (Å²) in [6, 6.07) is 10.5. The largest absolute Gasteiger partial charge is 0.496 e. The van der Waals surface area contributed by atoms with Crippen molar-refractivity contribution >= 4 is 5.78 Å². The molecule has 0 unspecified atom stereocenters. The Hall–Kier alpha value is -2.16. The highest BCUT2D eigenvalue weighted by Gasteiger charge is 2.15. The van der Waals surface area contributed by atoms with E-state index in [1.807, 2.05) is 25.1 Å². The van der Waals surface area contributed by atoms with Gasteiger partial charge < -0.3 is 4.74 Å². The second kappa shape index (κ2) is 5.87. The highest BCUT2D eigenvalue weighted by Crippen LogP contribution is 2.22. The molecule has 0 heterocycles. The first-order valence-electron chi connectivity index (χ1n) is 6.44. The minimum atomic E-state index is -0.441. The average molecular weight is 272 g/mol. The van der Waals surface area contributed by atoms with Crippen molar-refractivity contribution in [2.45, 2.75) is 20.3 Å². The van der Waals surface area contributed by atoms with Gasteiger partial charge in [-0.2, -0.15) is 0 Å². The third kappa shape index (κ3) is 2.87. The fraction of sp³-hybridized carbons (Fsp3) is 0.235. The molecule has 2 aromatic carbocycles. The van der Waals surface area contributed by atoms with Gasteiger partial charge in [-0.25, -0.2) is 4.39 Å². The van der Waals surface area contributed by atoms with Crippen molar-refractivity contribution in [2.24, 2.45) is 0 Å². The van der Waals surface area contributed by atoms with Crippen LogP contribution in [0, 0.1) is 19.7 Å². The number of carbonyl (C=O) groups excluding carboxylic acids is 1. The first-order valence-corrected chi connectivity index (χ1v) is 6.44. The number of ether oxygens (including phenoxy) is 1. The van der Waals surface area contributed by atoms with Crippen LogP contribution in [0.4, 0.5) is 4.39 Å². The van der Waals surface area contributed by atoms with E-state index >= 15 is 0 Å². The van der Waals surface area contributed by atoms with Crippen molar-refractivity contribution in [3.05, 3.63) is 64.5 Å². The maximum absolute atomic E-state index is 14.0. The minimum absolute atomic E-state index is 0.130. The van der Waals surface area contributed by atoms with Crippen LogP contribution in [0.25, 0.3) is 0 Å². The molecule has 0 N–H and O–H groups in total. The number of carbonyl (C=O) groups is 1. The molecule has 3 heteroatoms. The summed E-state index contributed by atoms with van der Waals surface area (Å²) in [6.07, 6.45) is 0.130. The van der Waals surface area contributed by atoms with E-state index < -0.39 is 5.82 Å². The quantitative estimate of drug-likeness (QED) is 0.790. The summed E-state index contributed by atoms with van der Waals surface area (Å²) in [4.78, 5) is 12.3. The summed E-state index contributed by atoms with van der Waals surface area (Å²) >= 11 is 0. The molecule has 0 saturated carbocycles. The zero-order valence-electron chi connectivity index (χ0n) is 11.9. The van der Waals surface area contributed by atoms with Crippen LogP contribution in [0.5, 0.6) is 5.75 Å². The Kier molecular flexibility index (Phi) is 4.18. The van der Waals surface area contributed by atoms with Gasteiger partial charge in [0.15, 0.2) is 5.78 Å². The van der Waals surface area contributed by atoms with Gasteiger partial charge in [-0.1, -0.05) is 29.8 Å². The molecule has 0 spiro atoms. The lowest BCUT2D eigenvalue weighted by atomic mass is 9.99. The summed E-state index contributed by atoms with van der Waals surface area (Å²) < 4.78 is 19.2. The third-order valence-corrected chi connectivity index (χ3v) is 3.28. The van der Waals surface area contributed by atoms with Gasteiger partial charge in [0.05, 0.1) is 12.7 Å². The standard InChI is InChI=1S/C17H17FO2/c1-11-7-8-16(20-3)13(9-11)10-15(19)14-6-4-5-12(2)17(14)18/h4-9H,10H2,1-3H3. The van der Waals surface area contributed by atoms with Crippen molar-refractivity contribution in [3.63, 3.8) is 0 Å². The van der Waals surface area contributed by atoms with E-state index in [9.17, 15) is 9.18 Å². The normalized spacial score (nSPS) is 10.4. The maximum atomic E-state index is 14.0. The second-order valence-corrected chi connectivity index (χ2v) is 4.85. The molecule has 0 aromatic heterocycles. The van der Waals surface area contributed by atoms with Crippen LogP contribution in [0.2, 0.25) is 0 Å². The molecule has 2 rings (SSSR count). The van der Waals surface area contributed by atoms with Crippen LogP contribution in [0.15, 0.2) is 36.4 Å². The molecule has 0 aliphatic heterocycles. The lowest BCUT2D eigenvalue weighted by Crippen LogP contribution is -2.08. The number of Topliss-reactive ketones (excluding diaryl/α,β-unsaturated/α-hetero) is 1. The van der Waals surface area contributed by atoms with Crippen LogP contribution in [0.1, 0.15) is 27.0 Å². The van der Waals surface area contributed by atoms with Gasteiger partial charge >= 0.3 is 0 Å². The average Bonchev–Trinajstić information content (AvgIpc) is 2.42. The van der Waals surface area contributed by atoms with Gasteiger partial charge in [0.1, 0.15) is 11.6 Å². The summed E-state index contributed by atoms with van der Waals surface area (Å²) in [5, 5.41) is 0. The smallest absolute Gasteiger partial charge is 0.170 e. The molecule has 20 heavy (non-hydrogen) atoms. The van der Waals surface area contributed by atoms with Gasteiger partial charge in [0.25, 0.3) is 0 Å². The fourth-order valence-electron chi connectivity index (χ4n) is 2.18. The lowest BCUT2D eigenvalue weighted by Gasteiger charge is -2.10. The highest BCUT2D eigenvalue weighted by atomic mass is 19.1. The zero-order valence-corrected chi connectivity index (χ0v) is 11.9. The van der Waals surface area contributed by atoms with Gasteiger partial charge in [-0.15, -0.1) is 0 Å². The van der Waals surface area contributed by atoms with Gasteiger partial charge in [-0.05, 0) is 31.5 Å². The Balaban J connectivity index is 2.32. The highest BCUT2D eigenvalue weighted by molar-refractivity contribution is 5.98. The van der Waals surface area contributed by atoms with E-state index in [1.54, 1.807) is 26.2 Å².